The zero-order chi connectivity index (χ0) is 20.6. The predicted molar refractivity (Wildman–Crippen MR) is 109 cm³/mol. The molecule has 1 aliphatic rings. The van der Waals surface area contributed by atoms with E-state index in [1.54, 1.807) is 29.2 Å². The number of nitriles is 1. The molecular formula is C22H24N4O3. The number of rotatable bonds is 6. The number of amides is 2. The van der Waals surface area contributed by atoms with Crippen molar-refractivity contribution in [2.24, 2.45) is 0 Å². The van der Waals surface area contributed by atoms with Gasteiger partial charge in [-0.05, 0) is 24.6 Å². The molecule has 2 amide bonds. The first-order valence-corrected chi connectivity index (χ1v) is 9.51. The number of morpholine rings is 1. The summed E-state index contributed by atoms with van der Waals surface area (Å²) in [6.45, 7) is 3.78. The van der Waals surface area contributed by atoms with E-state index in [1.807, 2.05) is 31.2 Å². The Morgan fingerprint density at radius 1 is 1.21 bits per heavy atom. The van der Waals surface area contributed by atoms with E-state index in [4.69, 9.17) is 4.74 Å². The number of nitrogens with one attached hydrogen (secondary N) is 2. The molecule has 29 heavy (non-hydrogen) atoms. The Morgan fingerprint density at radius 3 is 2.72 bits per heavy atom. The van der Waals surface area contributed by atoms with Gasteiger partial charge in [0, 0.05) is 13.1 Å². The number of hydrogen-bond acceptors (Lipinski definition) is 5. The number of carbonyl (C=O) groups is 2. The van der Waals surface area contributed by atoms with Gasteiger partial charge in [-0.3, -0.25) is 14.5 Å². The van der Waals surface area contributed by atoms with E-state index in [9.17, 15) is 14.9 Å². The molecule has 0 aliphatic carbocycles. The van der Waals surface area contributed by atoms with Crippen LogP contribution in [0.2, 0.25) is 0 Å². The van der Waals surface area contributed by atoms with E-state index in [1.165, 1.54) is 0 Å². The Balaban J connectivity index is 1.61. The van der Waals surface area contributed by atoms with Crippen molar-refractivity contribution in [3.8, 4) is 6.07 Å². The number of ether oxygens (including phenoxy) is 1. The molecule has 7 nitrogen and oxygen atoms in total. The molecule has 1 aliphatic heterocycles. The van der Waals surface area contributed by atoms with Gasteiger partial charge in [-0.25, -0.2) is 0 Å². The SMILES string of the molecule is Cc1ccc(CNC(=O)c2ccccc2NC(=O)CN2CCOCC2C#N)cc1. The van der Waals surface area contributed by atoms with Gasteiger partial charge in [0.25, 0.3) is 5.91 Å². The van der Waals surface area contributed by atoms with Gasteiger partial charge >= 0.3 is 0 Å². The smallest absolute Gasteiger partial charge is 0.253 e. The lowest BCUT2D eigenvalue weighted by atomic mass is 10.1. The van der Waals surface area contributed by atoms with Gasteiger partial charge in [-0.15, -0.1) is 0 Å². The first kappa shape index (κ1) is 20.5. The topological polar surface area (TPSA) is 94.5 Å². The fourth-order valence-corrected chi connectivity index (χ4v) is 3.09. The average molecular weight is 392 g/mol. The van der Waals surface area contributed by atoms with Crippen molar-refractivity contribution in [1.82, 2.24) is 10.2 Å². The molecule has 2 aromatic carbocycles. The number of anilines is 1. The van der Waals surface area contributed by atoms with Crippen molar-refractivity contribution in [3.05, 3.63) is 65.2 Å². The van der Waals surface area contributed by atoms with Crippen LogP contribution in [0, 0.1) is 18.3 Å². The minimum Gasteiger partial charge on any atom is -0.377 e. The Hall–Kier alpha value is -3.21. The van der Waals surface area contributed by atoms with Crippen LogP contribution < -0.4 is 10.6 Å². The highest BCUT2D eigenvalue weighted by Gasteiger charge is 2.25. The van der Waals surface area contributed by atoms with Crippen molar-refractivity contribution in [2.45, 2.75) is 19.5 Å². The maximum absolute atomic E-state index is 12.6. The van der Waals surface area contributed by atoms with Crippen LogP contribution in [0.5, 0.6) is 0 Å². The first-order valence-electron chi connectivity index (χ1n) is 9.51. The minimum absolute atomic E-state index is 0.0703. The van der Waals surface area contributed by atoms with Gasteiger partial charge < -0.3 is 15.4 Å². The van der Waals surface area contributed by atoms with Crippen LogP contribution in [0.15, 0.2) is 48.5 Å². The molecule has 1 saturated heterocycles. The molecular weight excluding hydrogens is 368 g/mol. The molecule has 0 aromatic heterocycles. The molecule has 1 fully saturated rings. The van der Waals surface area contributed by atoms with Crippen LogP contribution >= 0.6 is 0 Å². The summed E-state index contributed by atoms with van der Waals surface area (Å²) in [5.74, 6) is -0.534. The number of aryl methyl sites for hydroxylation is 1. The molecule has 150 valence electrons. The zero-order valence-corrected chi connectivity index (χ0v) is 16.4. The molecule has 1 unspecified atom stereocenters. The Kier molecular flexibility index (Phi) is 6.95. The third kappa shape index (κ3) is 5.64. The van der Waals surface area contributed by atoms with Crippen LogP contribution in [-0.4, -0.2) is 49.1 Å². The van der Waals surface area contributed by atoms with Crippen LogP contribution in [0.25, 0.3) is 0 Å². The van der Waals surface area contributed by atoms with E-state index in [2.05, 4.69) is 16.7 Å². The van der Waals surface area contributed by atoms with Crippen molar-refractivity contribution >= 4 is 17.5 Å². The standard InChI is InChI=1S/C22H24N4O3/c1-16-6-8-17(9-7-16)13-24-22(28)19-4-2-3-5-20(19)25-21(27)14-26-10-11-29-15-18(26)12-23/h2-9,18H,10-11,13-15H2,1H3,(H,24,28)(H,25,27). The summed E-state index contributed by atoms with van der Waals surface area (Å²) >= 11 is 0. The summed E-state index contributed by atoms with van der Waals surface area (Å²) in [6.07, 6.45) is 0. The van der Waals surface area contributed by atoms with Crippen LogP contribution in [0.1, 0.15) is 21.5 Å². The van der Waals surface area contributed by atoms with E-state index in [0.29, 0.717) is 37.6 Å². The first-order chi connectivity index (χ1) is 14.1. The number of carbonyl (C=O) groups excluding carboxylic acids is 2. The third-order valence-corrected chi connectivity index (χ3v) is 4.75. The predicted octanol–water partition coefficient (Wildman–Crippen LogP) is 2.09. The Labute approximate surface area is 170 Å². The lowest BCUT2D eigenvalue weighted by molar-refractivity contribution is -0.119. The maximum Gasteiger partial charge on any atom is 0.253 e. The summed E-state index contributed by atoms with van der Waals surface area (Å²) in [4.78, 5) is 26.9. The monoisotopic (exact) mass is 392 g/mol. The number of nitrogens with zero attached hydrogens (tertiary/aromatic N) is 2. The molecule has 2 N–H and O–H groups in total. The van der Waals surface area contributed by atoms with E-state index >= 15 is 0 Å². The average Bonchev–Trinajstić information content (AvgIpc) is 2.74. The summed E-state index contributed by atoms with van der Waals surface area (Å²) in [5.41, 5.74) is 3.00. The lowest BCUT2D eigenvalue weighted by Gasteiger charge is -2.30. The van der Waals surface area contributed by atoms with Gasteiger partial charge in [0.05, 0.1) is 37.1 Å². The number of hydrogen-bond donors (Lipinski definition) is 2. The highest BCUT2D eigenvalue weighted by Crippen LogP contribution is 2.16. The molecule has 0 spiro atoms. The summed E-state index contributed by atoms with van der Waals surface area (Å²) in [6, 6.07) is 16.5. The molecule has 1 heterocycles. The van der Waals surface area contributed by atoms with Gasteiger partial charge in [-0.2, -0.15) is 5.26 Å². The van der Waals surface area contributed by atoms with Gasteiger partial charge in [0.15, 0.2) is 0 Å². The second-order valence-electron chi connectivity index (χ2n) is 6.95. The third-order valence-electron chi connectivity index (χ3n) is 4.75. The molecule has 7 heteroatoms. The highest BCUT2D eigenvalue weighted by atomic mass is 16.5. The summed E-state index contributed by atoms with van der Waals surface area (Å²) in [7, 11) is 0. The fraction of sp³-hybridized carbons (Fsp3) is 0.318. The minimum atomic E-state index is -0.442. The zero-order valence-electron chi connectivity index (χ0n) is 16.4. The van der Waals surface area contributed by atoms with E-state index in [-0.39, 0.29) is 18.4 Å². The van der Waals surface area contributed by atoms with Crippen LogP contribution in [0.4, 0.5) is 5.69 Å². The number of para-hydroxylation sites is 1. The molecule has 0 radical (unpaired) electrons. The van der Waals surface area contributed by atoms with Crippen molar-refractivity contribution < 1.29 is 14.3 Å². The largest absolute Gasteiger partial charge is 0.377 e. The second kappa shape index (κ2) is 9.82. The molecule has 1 atom stereocenters. The quantitative estimate of drug-likeness (QED) is 0.785. The van der Waals surface area contributed by atoms with Crippen LogP contribution in [0.3, 0.4) is 0 Å². The maximum atomic E-state index is 12.6. The summed E-state index contributed by atoms with van der Waals surface area (Å²) < 4.78 is 5.27. The van der Waals surface area contributed by atoms with E-state index < -0.39 is 6.04 Å². The van der Waals surface area contributed by atoms with Gasteiger partial charge in [0.2, 0.25) is 5.91 Å². The second-order valence-corrected chi connectivity index (χ2v) is 6.95. The molecule has 0 bridgehead atoms. The van der Waals surface area contributed by atoms with Crippen molar-refractivity contribution in [2.75, 3.05) is 31.6 Å². The molecule has 0 saturated carbocycles. The van der Waals surface area contributed by atoms with Crippen molar-refractivity contribution in [1.29, 1.82) is 5.26 Å². The Morgan fingerprint density at radius 2 is 1.97 bits per heavy atom. The summed E-state index contributed by atoms with van der Waals surface area (Å²) in [5, 5.41) is 14.9. The molecule has 2 aromatic rings. The van der Waals surface area contributed by atoms with Crippen molar-refractivity contribution in [3.63, 3.8) is 0 Å². The number of benzene rings is 2. The van der Waals surface area contributed by atoms with E-state index in [0.717, 1.165) is 11.1 Å². The van der Waals surface area contributed by atoms with Gasteiger partial charge in [-0.1, -0.05) is 42.0 Å². The lowest BCUT2D eigenvalue weighted by Crippen LogP contribution is -2.47. The normalized spacial score (nSPS) is 16.6. The Bertz CT molecular complexity index is 905. The highest BCUT2D eigenvalue weighted by molar-refractivity contribution is 6.04. The fourth-order valence-electron chi connectivity index (χ4n) is 3.09. The van der Waals surface area contributed by atoms with Crippen LogP contribution in [-0.2, 0) is 16.1 Å². The molecule has 3 rings (SSSR count). The van der Waals surface area contributed by atoms with Gasteiger partial charge in [0.1, 0.15) is 6.04 Å².